The molecule has 0 bridgehead atoms. The lowest BCUT2D eigenvalue weighted by molar-refractivity contribution is 0.560. The number of hydrogen-bond acceptors (Lipinski definition) is 3. The van der Waals surface area contributed by atoms with Crippen LogP contribution < -0.4 is 7.17 Å². The highest BCUT2D eigenvalue weighted by atomic mass is 127. The summed E-state index contributed by atoms with van der Waals surface area (Å²) < 4.78 is 5.80. The molecule has 0 fully saturated rings. The van der Waals surface area contributed by atoms with Crippen LogP contribution in [0.15, 0.2) is 5.10 Å². The molecule has 0 amide bonds. The Labute approximate surface area is 95.8 Å². The summed E-state index contributed by atoms with van der Waals surface area (Å²) in [6.07, 6.45) is 4.18. The standard InChI is InChI=1S/C6H13I2N3/c1-6(2-4-9-7)3-5-10-11-8/h5-6,9,11H,2-4H2,1H3/b10-5-/t6-/m0/s1. The SMILES string of the molecule is C[C@H](C/C=N\NI)CCNI. The van der Waals surface area contributed by atoms with Crippen molar-refractivity contribution in [3.8, 4) is 0 Å². The summed E-state index contributed by atoms with van der Waals surface area (Å²) in [4.78, 5) is 0. The molecule has 0 aromatic rings. The van der Waals surface area contributed by atoms with Crippen LogP contribution in [0.4, 0.5) is 0 Å². The molecule has 3 nitrogen and oxygen atoms in total. The molecule has 1 atom stereocenters. The van der Waals surface area contributed by atoms with Crippen LogP contribution in [0.5, 0.6) is 0 Å². The van der Waals surface area contributed by atoms with Crippen molar-refractivity contribution in [2.24, 2.45) is 11.0 Å². The first-order chi connectivity index (χ1) is 5.31. The van der Waals surface area contributed by atoms with Crippen LogP contribution >= 0.6 is 45.7 Å². The lowest BCUT2D eigenvalue weighted by Gasteiger charge is -2.05. The van der Waals surface area contributed by atoms with Crippen molar-refractivity contribution in [2.75, 3.05) is 6.54 Å². The second kappa shape index (κ2) is 8.98. The number of nitrogens with one attached hydrogen (secondary N) is 2. The first-order valence-corrected chi connectivity index (χ1v) is 5.67. The molecular weight excluding hydrogens is 368 g/mol. The van der Waals surface area contributed by atoms with E-state index in [-0.39, 0.29) is 0 Å². The smallest absolute Gasteiger partial charge is 0.0750 e. The van der Waals surface area contributed by atoms with Crippen LogP contribution in [0, 0.1) is 5.92 Å². The van der Waals surface area contributed by atoms with Crippen molar-refractivity contribution in [3.63, 3.8) is 0 Å². The second-order valence-electron chi connectivity index (χ2n) is 2.41. The third-order valence-corrected chi connectivity index (χ3v) is 2.20. The molecule has 11 heavy (non-hydrogen) atoms. The van der Waals surface area contributed by atoms with Gasteiger partial charge in [0.1, 0.15) is 0 Å². The van der Waals surface area contributed by atoms with E-state index in [9.17, 15) is 0 Å². The van der Waals surface area contributed by atoms with Gasteiger partial charge in [-0.05, 0) is 18.8 Å². The van der Waals surface area contributed by atoms with Crippen LogP contribution in [0.3, 0.4) is 0 Å². The molecule has 5 heteroatoms. The van der Waals surface area contributed by atoms with Crippen molar-refractivity contribution in [1.29, 1.82) is 0 Å². The molecule has 0 aliphatic rings. The van der Waals surface area contributed by atoms with E-state index >= 15 is 0 Å². The zero-order chi connectivity index (χ0) is 8.53. The van der Waals surface area contributed by atoms with E-state index in [1.165, 1.54) is 6.42 Å². The maximum Gasteiger partial charge on any atom is 0.0750 e. The number of hydrogen-bond donors (Lipinski definition) is 2. The lowest BCUT2D eigenvalue weighted by Crippen LogP contribution is -2.06. The van der Waals surface area contributed by atoms with Crippen molar-refractivity contribution in [2.45, 2.75) is 19.8 Å². The number of halogens is 2. The summed E-state index contributed by atoms with van der Waals surface area (Å²) in [6, 6.07) is 0. The number of rotatable bonds is 6. The Morgan fingerprint density at radius 1 is 1.55 bits per heavy atom. The minimum Gasteiger partial charge on any atom is -0.261 e. The molecule has 2 N–H and O–H groups in total. The zero-order valence-corrected chi connectivity index (χ0v) is 10.8. The number of nitrogens with zero attached hydrogens (tertiary/aromatic N) is 1. The summed E-state index contributed by atoms with van der Waals surface area (Å²) in [7, 11) is 0. The van der Waals surface area contributed by atoms with Crippen LogP contribution in [-0.2, 0) is 0 Å². The lowest BCUT2D eigenvalue weighted by atomic mass is 10.1. The summed E-state index contributed by atoms with van der Waals surface area (Å²) in [6.45, 7) is 3.31. The Hall–Kier alpha value is 0.890. The summed E-state index contributed by atoms with van der Waals surface area (Å²) in [5, 5.41) is 3.91. The van der Waals surface area contributed by atoms with Gasteiger partial charge in [-0.1, -0.05) is 6.92 Å². The molecule has 66 valence electrons. The molecule has 0 radical (unpaired) electrons. The Morgan fingerprint density at radius 3 is 2.82 bits per heavy atom. The fraction of sp³-hybridized carbons (Fsp3) is 0.833. The Bertz CT molecular complexity index is 108. The Balaban J connectivity index is 3.21. The molecule has 0 aromatic carbocycles. The zero-order valence-electron chi connectivity index (χ0n) is 6.48. The van der Waals surface area contributed by atoms with Gasteiger partial charge in [-0.2, -0.15) is 5.10 Å². The quantitative estimate of drug-likeness (QED) is 0.321. The third kappa shape index (κ3) is 8.80. The second-order valence-corrected chi connectivity index (χ2v) is 3.65. The molecule has 0 spiro atoms. The van der Waals surface area contributed by atoms with Gasteiger partial charge in [0.2, 0.25) is 0 Å². The van der Waals surface area contributed by atoms with Gasteiger partial charge in [-0.15, -0.1) is 0 Å². The minimum atomic E-state index is 0.714. The van der Waals surface area contributed by atoms with E-state index in [0.717, 1.165) is 13.0 Å². The molecule has 0 unspecified atom stereocenters. The van der Waals surface area contributed by atoms with Gasteiger partial charge in [0, 0.05) is 35.6 Å². The van der Waals surface area contributed by atoms with Gasteiger partial charge >= 0.3 is 0 Å². The molecule has 0 saturated carbocycles. The van der Waals surface area contributed by atoms with Crippen LogP contribution in [0.25, 0.3) is 0 Å². The Kier molecular flexibility index (Phi) is 9.71. The van der Waals surface area contributed by atoms with Crippen LogP contribution in [0.1, 0.15) is 19.8 Å². The normalized spacial score (nSPS) is 13.7. The average Bonchev–Trinajstić information content (AvgIpc) is 2.01. The summed E-state index contributed by atoms with van der Waals surface area (Å²) in [5.74, 6) is 0.714. The molecule has 0 heterocycles. The van der Waals surface area contributed by atoms with E-state index < -0.39 is 0 Å². The first-order valence-electron chi connectivity index (χ1n) is 3.52. The highest BCUT2D eigenvalue weighted by Crippen LogP contribution is 2.04. The maximum absolute atomic E-state index is 3.91. The fourth-order valence-corrected chi connectivity index (χ4v) is 1.19. The minimum absolute atomic E-state index is 0.714. The van der Waals surface area contributed by atoms with Crippen LogP contribution in [0.2, 0.25) is 0 Å². The summed E-state index contributed by atoms with van der Waals surface area (Å²) >= 11 is 4.17. The van der Waals surface area contributed by atoms with E-state index in [1.807, 2.05) is 29.1 Å². The van der Waals surface area contributed by atoms with E-state index in [4.69, 9.17) is 0 Å². The molecule has 0 aromatic heterocycles. The van der Waals surface area contributed by atoms with Gasteiger partial charge in [-0.3, -0.25) is 7.17 Å². The topological polar surface area (TPSA) is 36.4 Å². The third-order valence-electron chi connectivity index (χ3n) is 1.38. The summed E-state index contributed by atoms with van der Waals surface area (Å²) in [5.41, 5.74) is 0. The largest absolute Gasteiger partial charge is 0.261 e. The monoisotopic (exact) mass is 381 g/mol. The van der Waals surface area contributed by atoms with Crippen molar-refractivity contribution in [1.82, 2.24) is 7.17 Å². The van der Waals surface area contributed by atoms with Crippen molar-refractivity contribution in [3.05, 3.63) is 0 Å². The molecule has 0 rings (SSSR count). The predicted molar refractivity (Wildman–Crippen MR) is 66.1 cm³/mol. The van der Waals surface area contributed by atoms with Gasteiger partial charge < -0.3 is 0 Å². The van der Waals surface area contributed by atoms with Gasteiger partial charge in [0.15, 0.2) is 0 Å². The fourth-order valence-electron chi connectivity index (χ4n) is 0.686. The highest BCUT2D eigenvalue weighted by Gasteiger charge is 1.97. The first kappa shape index (κ1) is 11.9. The Morgan fingerprint density at radius 2 is 2.27 bits per heavy atom. The van der Waals surface area contributed by atoms with Crippen LogP contribution in [-0.4, -0.2) is 12.8 Å². The highest BCUT2D eigenvalue weighted by molar-refractivity contribution is 14.1. The van der Waals surface area contributed by atoms with E-state index in [1.54, 1.807) is 0 Å². The number of hydrazone groups is 1. The van der Waals surface area contributed by atoms with Crippen molar-refractivity contribution < 1.29 is 0 Å². The molecule has 0 aliphatic carbocycles. The maximum atomic E-state index is 3.91. The predicted octanol–water partition coefficient (Wildman–Crippen LogP) is 2.27. The van der Waals surface area contributed by atoms with Gasteiger partial charge in [0.05, 0.1) is 22.9 Å². The van der Waals surface area contributed by atoms with E-state index in [2.05, 4.69) is 42.1 Å². The van der Waals surface area contributed by atoms with Gasteiger partial charge in [-0.25, -0.2) is 0 Å². The van der Waals surface area contributed by atoms with Crippen molar-refractivity contribution >= 4 is 51.9 Å². The molecule has 0 saturated heterocycles. The van der Waals surface area contributed by atoms with Gasteiger partial charge in [0.25, 0.3) is 0 Å². The van der Waals surface area contributed by atoms with E-state index in [0.29, 0.717) is 5.92 Å². The molecule has 0 aliphatic heterocycles. The molecular formula is C6H13I2N3. The average molecular weight is 381 g/mol.